The molecule has 3 heterocycles. The minimum Gasteiger partial charge on any atom is -0.364 e. The molecule has 1 aliphatic heterocycles. The fraction of sp³-hybridized carbons (Fsp3) is 0.276. The second kappa shape index (κ2) is 9.56. The van der Waals surface area contributed by atoms with Crippen LogP contribution >= 0.6 is 0 Å². The van der Waals surface area contributed by atoms with Gasteiger partial charge in [-0.25, -0.2) is 9.37 Å². The van der Waals surface area contributed by atoms with Crippen molar-refractivity contribution in [2.45, 2.75) is 32.0 Å². The molecule has 0 spiro atoms. The van der Waals surface area contributed by atoms with Crippen LogP contribution < -0.4 is 10.5 Å². The van der Waals surface area contributed by atoms with Crippen LogP contribution in [0.1, 0.15) is 36.7 Å². The molecule has 0 aliphatic carbocycles. The van der Waals surface area contributed by atoms with Crippen LogP contribution in [-0.2, 0) is 7.05 Å². The standard InChI is InChI=1S/C29H28FN5O/c1-19-18-35(29(21-8-5-4-6-9-21)22-10-7-11-23(30)14-22)20(2)17-34(19)26-15-27(36)33(3)25-13-12-24(16-31)32-28(25)26/h4-15,19-20,29H,17-18H2,1-3H3/t19-,20-,29?/m0/s1. The first kappa shape index (κ1) is 23.7. The van der Waals surface area contributed by atoms with Gasteiger partial charge in [0.25, 0.3) is 5.56 Å². The van der Waals surface area contributed by atoms with Crippen molar-refractivity contribution in [2.75, 3.05) is 18.0 Å². The maximum Gasteiger partial charge on any atom is 0.252 e. The third-order valence-electron chi connectivity index (χ3n) is 7.14. The lowest BCUT2D eigenvalue weighted by Crippen LogP contribution is -2.57. The van der Waals surface area contributed by atoms with Gasteiger partial charge in [-0.2, -0.15) is 5.26 Å². The van der Waals surface area contributed by atoms with E-state index in [9.17, 15) is 14.4 Å². The summed E-state index contributed by atoms with van der Waals surface area (Å²) in [6.07, 6.45) is 0. The summed E-state index contributed by atoms with van der Waals surface area (Å²) in [6, 6.07) is 24.2. The molecule has 36 heavy (non-hydrogen) atoms. The second-order valence-electron chi connectivity index (χ2n) is 9.52. The molecule has 1 aliphatic rings. The lowest BCUT2D eigenvalue weighted by atomic mass is 9.93. The highest BCUT2D eigenvalue weighted by molar-refractivity contribution is 5.89. The van der Waals surface area contributed by atoms with Gasteiger partial charge in [-0.3, -0.25) is 9.69 Å². The number of aromatic nitrogens is 2. The first-order valence-electron chi connectivity index (χ1n) is 12.1. The van der Waals surface area contributed by atoms with E-state index in [4.69, 9.17) is 0 Å². The summed E-state index contributed by atoms with van der Waals surface area (Å²) in [5.41, 5.74) is 4.30. The van der Waals surface area contributed by atoms with E-state index in [1.807, 2.05) is 24.3 Å². The van der Waals surface area contributed by atoms with Crippen molar-refractivity contribution in [3.63, 3.8) is 0 Å². The number of nitriles is 1. The van der Waals surface area contributed by atoms with Crippen molar-refractivity contribution < 1.29 is 4.39 Å². The molecule has 3 atom stereocenters. The summed E-state index contributed by atoms with van der Waals surface area (Å²) in [5.74, 6) is -0.251. The van der Waals surface area contributed by atoms with Gasteiger partial charge in [-0.15, -0.1) is 0 Å². The van der Waals surface area contributed by atoms with Crippen LogP contribution in [0.2, 0.25) is 0 Å². The highest BCUT2D eigenvalue weighted by atomic mass is 19.1. The molecule has 0 saturated carbocycles. The minimum absolute atomic E-state index is 0.0452. The Bertz CT molecular complexity index is 1510. The van der Waals surface area contributed by atoms with Crippen molar-refractivity contribution in [1.29, 1.82) is 5.26 Å². The average Bonchev–Trinajstić information content (AvgIpc) is 2.88. The zero-order valence-corrected chi connectivity index (χ0v) is 20.6. The number of aryl methyl sites for hydroxylation is 1. The number of halogens is 1. The molecule has 0 amide bonds. The smallest absolute Gasteiger partial charge is 0.252 e. The molecule has 2 aromatic heterocycles. The molecule has 1 unspecified atom stereocenters. The van der Waals surface area contributed by atoms with E-state index >= 15 is 0 Å². The third kappa shape index (κ3) is 4.25. The lowest BCUT2D eigenvalue weighted by molar-refractivity contribution is 0.130. The Morgan fingerprint density at radius 2 is 1.72 bits per heavy atom. The van der Waals surface area contributed by atoms with Gasteiger partial charge in [-0.1, -0.05) is 42.5 Å². The Hall–Kier alpha value is -4.02. The van der Waals surface area contributed by atoms with Gasteiger partial charge in [0.1, 0.15) is 23.1 Å². The monoisotopic (exact) mass is 481 g/mol. The predicted octanol–water partition coefficient (Wildman–Crippen LogP) is 4.63. The fourth-order valence-electron chi connectivity index (χ4n) is 5.33. The van der Waals surface area contributed by atoms with Crippen LogP contribution in [-0.4, -0.2) is 39.6 Å². The SMILES string of the molecule is C[C@H]1CN(C(c2ccccc2)c2cccc(F)c2)[C@@H](C)CN1c1cc(=O)n(C)c2ccc(C#N)nc12. The van der Waals surface area contributed by atoms with Gasteiger partial charge < -0.3 is 9.47 Å². The van der Waals surface area contributed by atoms with Crippen LogP contribution in [0.15, 0.2) is 77.6 Å². The van der Waals surface area contributed by atoms with Crippen LogP contribution in [0.25, 0.3) is 11.0 Å². The summed E-state index contributed by atoms with van der Waals surface area (Å²) >= 11 is 0. The summed E-state index contributed by atoms with van der Waals surface area (Å²) in [4.78, 5) is 22.0. The third-order valence-corrected chi connectivity index (χ3v) is 7.14. The number of piperazine rings is 1. The Labute approximate surface area is 209 Å². The van der Waals surface area contributed by atoms with E-state index < -0.39 is 0 Å². The Morgan fingerprint density at radius 1 is 0.972 bits per heavy atom. The molecule has 7 heteroatoms. The molecule has 4 aromatic rings. The van der Waals surface area contributed by atoms with Crippen molar-refractivity contribution in [1.82, 2.24) is 14.5 Å². The molecule has 6 nitrogen and oxygen atoms in total. The van der Waals surface area contributed by atoms with E-state index in [0.29, 0.717) is 29.8 Å². The van der Waals surface area contributed by atoms with Gasteiger partial charge >= 0.3 is 0 Å². The van der Waals surface area contributed by atoms with Crippen LogP contribution in [0.5, 0.6) is 0 Å². The van der Waals surface area contributed by atoms with E-state index in [1.54, 1.807) is 41.9 Å². The topological polar surface area (TPSA) is 65.2 Å². The quantitative estimate of drug-likeness (QED) is 0.425. The number of benzene rings is 2. The van der Waals surface area contributed by atoms with Crippen LogP contribution in [0.4, 0.5) is 10.1 Å². The maximum atomic E-state index is 14.3. The molecule has 2 aromatic carbocycles. The summed E-state index contributed by atoms with van der Waals surface area (Å²) in [7, 11) is 1.72. The largest absolute Gasteiger partial charge is 0.364 e. The van der Waals surface area contributed by atoms with Crippen molar-refractivity contribution >= 4 is 16.7 Å². The normalized spacial score (nSPS) is 19.2. The number of rotatable bonds is 4. The van der Waals surface area contributed by atoms with Gasteiger partial charge in [0.15, 0.2) is 0 Å². The van der Waals surface area contributed by atoms with E-state index in [2.05, 4.69) is 46.8 Å². The number of anilines is 1. The molecular formula is C29H28FN5O. The minimum atomic E-state index is -0.251. The molecule has 1 fully saturated rings. The van der Waals surface area contributed by atoms with Crippen LogP contribution in [0, 0.1) is 17.1 Å². The molecule has 5 rings (SSSR count). The molecule has 182 valence electrons. The molecule has 0 radical (unpaired) electrons. The first-order valence-corrected chi connectivity index (χ1v) is 12.1. The van der Waals surface area contributed by atoms with E-state index in [-0.39, 0.29) is 29.5 Å². The number of hydrogen-bond acceptors (Lipinski definition) is 5. The number of pyridine rings is 2. The van der Waals surface area contributed by atoms with Crippen molar-refractivity contribution in [2.24, 2.45) is 7.05 Å². The predicted molar refractivity (Wildman–Crippen MR) is 139 cm³/mol. The zero-order valence-electron chi connectivity index (χ0n) is 20.6. The maximum absolute atomic E-state index is 14.3. The van der Waals surface area contributed by atoms with Crippen molar-refractivity contribution in [3.8, 4) is 6.07 Å². The summed E-state index contributed by atoms with van der Waals surface area (Å²) in [5, 5.41) is 9.42. The average molecular weight is 482 g/mol. The molecule has 0 N–H and O–H groups in total. The highest BCUT2D eigenvalue weighted by Crippen LogP contribution is 2.36. The molecular weight excluding hydrogens is 453 g/mol. The number of hydrogen-bond donors (Lipinski definition) is 0. The van der Waals surface area contributed by atoms with Crippen molar-refractivity contribution in [3.05, 3.63) is 106 Å². The fourth-order valence-corrected chi connectivity index (χ4v) is 5.33. The Morgan fingerprint density at radius 3 is 2.44 bits per heavy atom. The van der Waals surface area contributed by atoms with Gasteiger partial charge in [0.05, 0.1) is 17.2 Å². The summed E-state index contributed by atoms with van der Waals surface area (Å²) < 4.78 is 15.8. The van der Waals surface area contributed by atoms with E-state index in [0.717, 1.165) is 16.8 Å². The second-order valence-corrected chi connectivity index (χ2v) is 9.52. The van der Waals surface area contributed by atoms with Crippen LogP contribution in [0.3, 0.4) is 0 Å². The van der Waals surface area contributed by atoms with Gasteiger partial charge in [-0.05, 0) is 49.2 Å². The Kier molecular flexibility index (Phi) is 6.29. The lowest BCUT2D eigenvalue weighted by Gasteiger charge is -2.48. The highest BCUT2D eigenvalue weighted by Gasteiger charge is 2.36. The number of nitrogens with zero attached hydrogens (tertiary/aromatic N) is 5. The summed E-state index contributed by atoms with van der Waals surface area (Å²) in [6.45, 7) is 5.64. The molecule has 1 saturated heterocycles. The van der Waals surface area contributed by atoms with E-state index in [1.165, 1.54) is 6.07 Å². The molecule has 0 bridgehead atoms. The van der Waals surface area contributed by atoms with Gasteiger partial charge in [0.2, 0.25) is 0 Å². The zero-order chi connectivity index (χ0) is 25.4. The Balaban J connectivity index is 1.56. The van der Waals surface area contributed by atoms with Gasteiger partial charge in [0, 0.05) is 38.3 Å². The number of fused-ring (bicyclic) bond motifs is 1. The first-order chi connectivity index (χ1) is 17.4.